The molecule has 1 amide bonds. The zero-order valence-electron chi connectivity index (χ0n) is 12.5. The van der Waals surface area contributed by atoms with Crippen molar-refractivity contribution in [1.82, 2.24) is 10.4 Å². The van der Waals surface area contributed by atoms with Crippen LogP contribution >= 0.6 is 35.4 Å². The van der Waals surface area contributed by atoms with Crippen molar-refractivity contribution in [3.63, 3.8) is 0 Å². The van der Waals surface area contributed by atoms with Crippen LogP contribution in [-0.2, 0) is 24.0 Å². The van der Waals surface area contributed by atoms with Gasteiger partial charge in [-0.3, -0.25) is 14.4 Å². The number of nitrogens with zero attached hydrogens (tertiary/aromatic N) is 1. The Kier molecular flexibility index (Phi) is 7.92. The number of carboxylic acids is 1. The van der Waals surface area contributed by atoms with Crippen LogP contribution in [0, 0.1) is 0 Å². The van der Waals surface area contributed by atoms with Gasteiger partial charge in [0.2, 0.25) is 0 Å². The van der Waals surface area contributed by atoms with Crippen molar-refractivity contribution in [3.05, 3.63) is 10.6 Å². The third-order valence-electron chi connectivity index (χ3n) is 3.24. The number of cyclic esters (lactones) is 1. The number of esters is 1. The van der Waals surface area contributed by atoms with E-state index in [1.165, 1.54) is 6.08 Å². The molecule has 2 atom stereocenters. The molecule has 126 valence electrons. The largest absolute Gasteiger partial charge is 1.00 e. The SMILES string of the molecule is O=C1CCC(C(=O)[O-])(N2OC[C@H](NC(=S)CC=C(Cl)Cl)C2=O)O1.[Na+]. The molecule has 1 unspecified atom stereocenters. The van der Waals surface area contributed by atoms with Crippen LogP contribution in [-0.4, -0.2) is 46.3 Å². The summed E-state index contributed by atoms with van der Waals surface area (Å²) in [6, 6.07) is -0.916. The smallest absolute Gasteiger partial charge is 0.544 e. The van der Waals surface area contributed by atoms with Gasteiger partial charge in [0.1, 0.15) is 23.1 Å². The van der Waals surface area contributed by atoms with Crippen molar-refractivity contribution in [2.75, 3.05) is 6.61 Å². The number of hydrogen-bond acceptors (Lipinski definition) is 7. The fraction of sp³-hybridized carbons (Fsp3) is 0.500. The molecule has 0 aromatic rings. The second kappa shape index (κ2) is 8.79. The van der Waals surface area contributed by atoms with Gasteiger partial charge in [-0.2, -0.15) is 5.06 Å². The molecule has 24 heavy (non-hydrogen) atoms. The first kappa shape index (κ1) is 21.6. The van der Waals surface area contributed by atoms with Gasteiger partial charge in [-0.1, -0.05) is 35.4 Å². The van der Waals surface area contributed by atoms with Gasteiger partial charge in [0, 0.05) is 12.8 Å². The van der Waals surface area contributed by atoms with Crippen molar-refractivity contribution in [1.29, 1.82) is 0 Å². The maximum Gasteiger partial charge on any atom is 1.00 e. The molecule has 0 aromatic carbocycles. The molecular formula is C12H11Cl2N2NaO6S. The third kappa shape index (κ3) is 4.60. The van der Waals surface area contributed by atoms with Gasteiger partial charge in [-0.05, 0) is 6.08 Å². The number of carboxylic acid groups (broad SMARTS) is 1. The first-order valence-corrected chi connectivity index (χ1v) is 7.63. The number of halogens is 2. The predicted molar refractivity (Wildman–Crippen MR) is 79.8 cm³/mol. The molecule has 8 nitrogen and oxygen atoms in total. The minimum atomic E-state index is -2.24. The third-order valence-corrected chi connectivity index (χ3v) is 3.84. The normalized spacial score (nSPS) is 25.8. The van der Waals surface area contributed by atoms with E-state index in [0.29, 0.717) is 5.06 Å². The first-order chi connectivity index (χ1) is 10.8. The number of amides is 1. The Hall–Kier alpha value is -0.420. The van der Waals surface area contributed by atoms with Crippen molar-refractivity contribution in [2.24, 2.45) is 0 Å². The Labute approximate surface area is 174 Å². The number of hydroxylamine groups is 2. The molecule has 2 saturated heterocycles. The molecule has 0 aromatic heterocycles. The summed E-state index contributed by atoms with van der Waals surface area (Å²) in [7, 11) is 0. The van der Waals surface area contributed by atoms with E-state index in [9.17, 15) is 19.5 Å². The van der Waals surface area contributed by atoms with E-state index in [4.69, 9.17) is 45.0 Å². The summed E-state index contributed by atoms with van der Waals surface area (Å²) in [5, 5.41) is 14.6. The zero-order valence-corrected chi connectivity index (χ0v) is 16.9. The van der Waals surface area contributed by atoms with E-state index in [2.05, 4.69) is 5.32 Å². The second-order valence-corrected chi connectivity index (χ2v) is 6.29. The fourth-order valence-corrected chi connectivity index (χ4v) is 2.55. The van der Waals surface area contributed by atoms with E-state index >= 15 is 0 Å². The molecule has 0 aliphatic carbocycles. The number of ether oxygens (including phenoxy) is 1. The molecule has 2 fully saturated rings. The summed E-state index contributed by atoms with van der Waals surface area (Å²) in [5.74, 6) is -3.21. The number of rotatable bonds is 5. The monoisotopic (exact) mass is 404 g/mol. The summed E-state index contributed by atoms with van der Waals surface area (Å²) in [5.41, 5.74) is -2.24. The fourth-order valence-electron chi connectivity index (χ4n) is 2.17. The minimum Gasteiger partial charge on any atom is -0.544 e. The molecule has 2 rings (SSSR count). The summed E-state index contributed by atoms with van der Waals surface area (Å²) in [6.07, 6.45) is 1.22. The topological polar surface area (TPSA) is 108 Å². The molecule has 2 heterocycles. The Bertz CT molecular complexity index is 600. The van der Waals surface area contributed by atoms with Crippen LogP contribution in [0.1, 0.15) is 19.3 Å². The van der Waals surface area contributed by atoms with E-state index in [-0.39, 0.29) is 64.9 Å². The number of carbonyl (C=O) groups is 3. The standard InChI is InChI=1S/C12H12Cl2N2O6S.Na/c13-7(14)1-2-8(23)15-6-5-21-16(10(6)18)12(11(19)20)4-3-9(17)22-12;/h1,6H,2-5H2,(H,15,23)(H,19,20);/q;+1/p-1/t6-,12?;/m0./s1. The number of carbonyl (C=O) groups excluding carboxylic acids is 3. The Balaban J connectivity index is 0.00000288. The number of thiocarbonyl (C=S) groups is 1. The molecule has 0 spiro atoms. The van der Waals surface area contributed by atoms with Crippen LogP contribution in [0.5, 0.6) is 0 Å². The van der Waals surface area contributed by atoms with Crippen molar-refractivity contribution >= 4 is 58.3 Å². The number of hydrogen-bond donors (Lipinski definition) is 1. The van der Waals surface area contributed by atoms with Gasteiger partial charge >= 0.3 is 35.5 Å². The van der Waals surface area contributed by atoms with Gasteiger partial charge in [-0.15, -0.1) is 0 Å². The molecule has 0 saturated carbocycles. The van der Waals surface area contributed by atoms with Gasteiger partial charge in [0.05, 0.1) is 11.4 Å². The van der Waals surface area contributed by atoms with Crippen LogP contribution in [0.4, 0.5) is 0 Å². The van der Waals surface area contributed by atoms with Crippen LogP contribution in [0.15, 0.2) is 10.6 Å². The predicted octanol–water partition coefficient (Wildman–Crippen LogP) is -3.46. The quantitative estimate of drug-likeness (QED) is 0.286. The number of aliphatic carboxylic acids is 1. The van der Waals surface area contributed by atoms with E-state index in [0.717, 1.165) is 0 Å². The molecule has 2 aliphatic rings. The zero-order chi connectivity index (χ0) is 17.2. The Morgan fingerprint density at radius 1 is 1.50 bits per heavy atom. The Morgan fingerprint density at radius 3 is 2.67 bits per heavy atom. The van der Waals surface area contributed by atoms with Gasteiger partial charge in [0.25, 0.3) is 11.6 Å². The second-order valence-electron chi connectivity index (χ2n) is 4.79. The van der Waals surface area contributed by atoms with Crippen molar-refractivity contribution in [3.8, 4) is 0 Å². The average molecular weight is 405 g/mol. The van der Waals surface area contributed by atoms with Gasteiger partial charge < -0.3 is 20.0 Å². The summed E-state index contributed by atoms with van der Waals surface area (Å²) < 4.78 is 4.80. The molecule has 0 radical (unpaired) electrons. The summed E-state index contributed by atoms with van der Waals surface area (Å²) >= 11 is 15.9. The number of nitrogens with one attached hydrogen (secondary N) is 1. The molecule has 2 aliphatic heterocycles. The van der Waals surface area contributed by atoms with Crippen LogP contribution in [0.2, 0.25) is 0 Å². The van der Waals surface area contributed by atoms with Crippen molar-refractivity contribution in [2.45, 2.75) is 31.0 Å². The van der Waals surface area contributed by atoms with Crippen molar-refractivity contribution < 1.29 is 58.6 Å². The van der Waals surface area contributed by atoms with Crippen LogP contribution in [0.3, 0.4) is 0 Å². The van der Waals surface area contributed by atoms with E-state index in [1.54, 1.807) is 0 Å². The minimum absolute atomic E-state index is 0. The molecule has 0 bridgehead atoms. The van der Waals surface area contributed by atoms with Gasteiger partial charge in [-0.25, -0.2) is 0 Å². The maximum atomic E-state index is 12.3. The summed E-state index contributed by atoms with van der Waals surface area (Å²) in [4.78, 5) is 40.3. The first-order valence-electron chi connectivity index (χ1n) is 6.47. The Morgan fingerprint density at radius 2 is 2.17 bits per heavy atom. The van der Waals surface area contributed by atoms with Gasteiger partial charge in [0.15, 0.2) is 0 Å². The van der Waals surface area contributed by atoms with Crippen LogP contribution in [0.25, 0.3) is 0 Å². The van der Waals surface area contributed by atoms with E-state index in [1.807, 2.05) is 0 Å². The van der Waals surface area contributed by atoms with E-state index < -0.39 is 29.6 Å². The molecule has 1 N–H and O–H groups in total. The summed E-state index contributed by atoms with van der Waals surface area (Å²) in [6.45, 7) is -0.177. The average Bonchev–Trinajstić information content (AvgIpc) is 3.02. The molecule has 12 heteroatoms. The molecular weight excluding hydrogens is 394 g/mol. The van der Waals surface area contributed by atoms with Crippen LogP contribution < -0.4 is 40.0 Å². The maximum absolute atomic E-state index is 12.3.